The highest BCUT2D eigenvalue weighted by Gasteiger charge is 2.16. The standard InChI is InChI=1S/C14H19BrN2O2/c15-14-11(16)6-5-7-12(14)19-10-13(18)17-8-3-1-2-4-9-17/h5-7H,1-4,8-10,16H2. The van der Waals surface area contributed by atoms with Crippen molar-refractivity contribution in [1.82, 2.24) is 4.90 Å². The summed E-state index contributed by atoms with van der Waals surface area (Å²) in [6, 6.07) is 5.40. The molecule has 1 aromatic carbocycles. The predicted molar refractivity (Wildman–Crippen MR) is 79.1 cm³/mol. The van der Waals surface area contributed by atoms with E-state index in [0.717, 1.165) is 25.9 Å². The van der Waals surface area contributed by atoms with Crippen molar-refractivity contribution in [2.45, 2.75) is 25.7 Å². The highest BCUT2D eigenvalue weighted by molar-refractivity contribution is 9.10. The van der Waals surface area contributed by atoms with Crippen LogP contribution in [-0.2, 0) is 4.79 Å². The average Bonchev–Trinajstić information content (AvgIpc) is 2.69. The molecule has 0 atom stereocenters. The number of anilines is 1. The van der Waals surface area contributed by atoms with E-state index in [-0.39, 0.29) is 12.5 Å². The molecule has 1 aliphatic rings. The molecule has 19 heavy (non-hydrogen) atoms. The minimum Gasteiger partial charge on any atom is -0.483 e. The molecule has 0 aliphatic carbocycles. The fourth-order valence-electron chi connectivity index (χ4n) is 2.19. The number of ether oxygens (including phenoxy) is 1. The van der Waals surface area contributed by atoms with Crippen LogP contribution in [0.1, 0.15) is 25.7 Å². The highest BCUT2D eigenvalue weighted by atomic mass is 79.9. The Kier molecular flexibility index (Phi) is 5.07. The van der Waals surface area contributed by atoms with Crippen LogP contribution in [0, 0.1) is 0 Å². The van der Waals surface area contributed by atoms with E-state index in [2.05, 4.69) is 15.9 Å². The van der Waals surface area contributed by atoms with Crippen LogP contribution >= 0.6 is 15.9 Å². The summed E-state index contributed by atoms with van der Waals surface area (Å²) in [6.45, 7) is 1.77. The molecule has 0 spiro atoms. The predicted octanol–water partition coefficient (Wildman–Crippen LogP) is 2.81. The Balaban J connectivity index is 1.90. The molecule has 1 fully saturated rings. The van der Waals surface area contributed by atoms with Crippen LogP contribution in [0.5, 0.6) is 5.75 Å². The number of hydrogen-bond donors (Lipinski definition) is 1. The summed E-state index contributed by atoms with van der Waals surface area (Å²) in [7, 11) is 0. The lowest BCUT2D eigenvalue weighted by Gasteiger charge is -2.20. The normalized spacial score (nSPS) is 15.9. The molecule has 1 heterocycles. The summed E-state index contributed by atoms with van der Waals surface area (Å²) < 4.78 is 6.26. The second-order valence-corrected chi connectivity index (χ2v) is 5.54. The lowest BCUT2D eigenvalue weighted by Crippen LogP contribution is -2.35. The van der Waals surface area contributed by atoms with E-state index in [0.29, 0.717) is 15.9 Å². The van der Waals surface area contributed by atoms with Crippen molar-refractivity contribution < 1.29 is 9.53 Å². The average molecular weight is 327 g/mol. The summed E-state index contributed by atoms with van der Waals surface area (Å²) in [4.78, 5) is 14.0. The molecular weight excluding hydrogens is 308 g/mol. The smallest absolute Gasteiger partial charge is 0.260 e. The van der Waals surface area contributed by atoms with Crippen LogP contribution in [0.2, 0.25) is 0 Å². The van der Waals surface area contributed by atoms with Gasteiger partial charge in [0.25, 0.3) is 5.91 Å². The third-order valence-electron chi connectivity index (χ3n) is 3.30. The van der Waals surface area contributed by atoms with Crippen LogP contribution in [-0.4, -0.2) is 30.5 Å². The molecule has 1 aromatic rings. The first-order valence-corrected chi connectivity index (χ1v) is 7.42. The Bertz CT molecular complexity index is 443. The van der Waals surface area contributed by atoms with Crippen molar-refractivity contribution in [3.8, 4) is 5.75 Å². The molecule has 104 valence electrons. The zero-order chi connectivity index (χ0) is 13.7. The zero-order valence-electron chi connectivity index (χ0n) is 10.9. The Morgan fingerprint density at radius 2 is 1.95 bits per heavy atom. The van der Waals surface area contributed by atoms with Gasteiger partial charge in [-0.1, -0.05) is 18.9 Å². The molecule has 2 N–H and O–H groups in total. The number of amides is 1. The van der Waals surface area contributed by atoms with Crippen LogP contribution in [0.25, 0.3) is 0 Å². The zero-order valence-corrected chi connectivity index (χ0v) is 12.5. The monoisotopic (exact) mass is 326 g/mol. The summed E-state index contributed by atoms with van der Waals surface area (Å²) in [5.74, 6) is 0.666. The molecule has 2 rings (SSSR count). The topological polar surface area (TPSA) is 55.6 Å². The van der Waals surface area contributed by atoms with E-state index >= 15 is 0 Å². The van der Waals surface area contributed by atoms with Gasteiger partial charge in [0, 0.05) is 18.8 Å². The van der Waals surface area contributed by atoms with E-state index in [9.17, 15) is 4.79 Å². The SMILES string of the molecule is Nc1cccc(OCC(=O)N2CCCCCC2)c1Br. The number of hydrogen-bond acceptors (Lipinski definition) is 3. The number of rotatable bonds is 3. The molecule has 0 aromatic heterocycles. The lowest BCUT2D eigenvalue weighted by atomic mass is 10.2. The van der Waals surface area contributed by atoms with Gasteiger partial charge >= 0.3 is 0 Å². The van der Waals surface area contributed by atoms with E-state index < -0.39 is 0 Å². The number of nitrogen functional groups attached to an aromatic ring is 1. The summed E-state index contributed by atoms with van der Waals surface area (Å²) in [5, 5.41) is 0. The van der Waals surface area contributed by atoms with Crippen molar-refractivity contribution >= 4 is 27.5 Å². The molecule has 4 nitrogen and oxygen atoms in total. The van der Waals surface area contributed by atoms with E-state index in [1.165, 1.54) is 12.8 Å². The maximum absolute atomic E-state index is 12.1. The number of carbonyl (C=O) groups excluding carboxylic acids is 1. The minimum atomic E-state index is 0.0521. The van der Waals surface area contributed by atoms with Gasteiger partial charge in [0.05, 0.1) is 4.47 Å². The molecule has 0 radical (unpaired) electrons. The maximum atomic E-state index is 12.1. The van der Waals surface area contributed by atoms with Crippen molar-refractivity contribution in [2.75, 3.05) is 25.4 Å². The number of nitrogens with two attached hydrogens (primary N) is 1. The Hall–Kier alpha value is -1.23. The van der Waals surface area contributed by atoms with Crippen LogP contribution in [0.3, 0.4) is 0 Å². The van der Waals surface area contributed by atoms with Crippen molar-refractivity contribution in [1.29, 1.82) is 0 Å². The van der Waals surface area contributed by atoms with Crippen molar-refractivity contribution in [3.63, 3.8) is 0 Å². The second-order valence-electron chi connectivity index (χ2n) is 4.74. The Morgan fingerprint density at radius 1 is 1.26 bits per heavy atom. The molecule has 5 heteroatoms. The van der Waals surface area contributed by atoms with Gasteiger partial charge in [-0.15, -0.1) is 0 Å². The third kappa shape index (κ3) is 3.86. The molecule has 1 amide bonds. The van der Waals surface area contributed by atoms with Gasteiger partial charge in [0.1, 0.15) is 5.75 Å². The number of benzene rings is 1. The lowest BCUT2D eigenvalue weighted by molar-refractivity contribution is -0.133. The molecule has 0 saturated carbocycles. The molecule has 1 saturated heterocycles. The molecule has 1 aliphatic heterocycles. The fourth-order valence-corrected chi connectivity index (χ4v) is 2.57. The molecule has 0 bridgehead atoms. The number of nitrogens with zero attached hydrogens (tertiary/aromatic N) is 1. The van der Waals surface area contributed by atoms with E-state index in [4.69, 9.17) is 10.5 Å². The number of halogens is 1. The van der Waals surface area contributed by atoms with E-state index in [1.54, 1.807) is 12.1 Å². The highest BCUT2D eigenvalue weighted by Crippen LogP contribution is 2.30. The Labute approximate surface area is 122 Å². The van der Waals surface area contributed by atoms with Crippen LogP contribution in [0.15, 0.2) is 22.7 Å². The maximum Gasteiger partial charge on any atom is 0.260 e. The van der Waals surface area contributed by atoms with Gasteiger partial charge in [-0.05, 0) is 40.9 Å². The third-order valence-corrected chi connectivity index (χ3v) is 4.15. The quantitative estimate of drug-likeness (QED) is 0.869. The summed E-state index contributed by atoms with van der Waals surface area (Å²) in [6.07, 6.45) is 4.61. The van der Waals surface area contributed by atoms with Gasteiger partial charge < -0.3 is 15.4 Å². The minimum absolute atomic E-state index is 0.0521. The van der Waals surface area contributed by atoms with Gasteiger partial charge in [0.2, 0.25) is 0 Å². The van der Waals surface area contributed by atoms with Crippen LogP contribution in [0.4, 0.5) is 5.69 Å². The first kappa shape index (κ1) is 14.2. The largest absolute Gasteiger partial charge is 0.483 e. The second kappa shape index (κ2) is 6.80. The van der Waals surface area contributed by atoms with Gasteiger partial charge in [-0.3, -0.25) is 4.79 Å². The van der Waals surface area contributed by atoms with Crippen LogP contribution < -0.4 is 10.5 Å². The van der Waals surface area contributed by atoms with Gasteiger partial charge in [0.15, 0.2) is 6.61 Å². The van der Waals surface area contributed by atoms with Gasteiger partial charge in [-0.25, -0.2) is 0 Å². The summed E-state index contributed by atoms with van der Waals surface area (Å²) in [5.41, 5.74) is 6.38. The summed E-state index contributed by atoms with van der Waals surface area (Å²) >= 11 is 3.36. The molecular formula is C14H19BrN2O2. The Morgan fingerprint density at radius 3 is 2.63 bits per heavy atom. The van der Waals surface area contributed by atoms with Crippen molar-refractivity contribution in [3.05, 3.63) is 22.7 Å². The van der Waals surface area contributed by atoms with Crippen molar-refractivity contribution in [2.24, 2.45) is 0 Å². The number of carbonyl (C=O) groups is 1. The molecule has 0 unspecified atom stereocenters. The first-order chi connectivity index (χ1) is 9.18. The first-order valence-electron chi connectivity index (χ1n) is 6.63. The van der Waals surface area contributed by atoms with Gasteiger partial charge in [-0.2, -0.15) is 0 Å². The van der Waals surface area contributed by atoms with E-state index in [1.807, 2.05) is 11.0 Å². The fraction of sp³-hybridized carbons (Fsp3) is 0.500. The number of likely N-dealkylation sites (tertiary alicyclic amines) is 1.